The van der Waals surface area contributed by atoms with Gasteiger partial charge >= 0.3 is 11.4 Å². The van der Waals surface area contributed by atoms with E-state index in [1.54, 1.807) is 18.2 Å². The number of aromatic nitrogens is 8. The number of rotatable bonds is 10. The predicted octanol–water partition coefficient (Wildman–Crippen LogP) is 5.35. The highest BCUT2D eigenvalue weighted by atomic mass is 35.5. The lowest BCUT2D eigenvalue weighted by molar-refractivity contribution is 0.394. The van der Waals surface area contributed by atoms with Gasteiger partial charge in [-0.15, -0.1) is 22.0 Å². The Balaban J connectivity index is 0.000000265. The second-order valence-electron chi connectivity index (χ2n) is 11.3. The summed E-state index contributed by atoms with van der Waals surface area (Å²) in [7, 11) is -0.820. The molecule has 0 saturated heterocycles. The molecule has 4 heterocycles. The van der Waals surface area contributed by atoms with Gasteiger partial charge in [-0.25, -0.2) is 28.0 Å². The summed E-state index contributed by atoms with van der Waals surface area (Å²) in [6.45, 7) is 0. The zero-order chi connectivity index (χ0) is 44.1. The average Bonchev–Trinajstić information content (AvgIpc) is 3.20. The Kier molecular flexibility index (Phi) is 15.3. The van der Waals surface area contributed by atoms with Crippen LogP contribution in [0.2, 0.25) is 20.1 Å². The molecule has 20 nitrogen and oxygen atoms in total. The van der Waals surface area contributed by atoms with E-state index in [1.165, 1.54) is 56.4 Å². The number of aromatic amines is 2. The molecule has 26 heteroatoms. The maximum Gasteiger partial charge on any atom is 0.349 e. The van der Waals surface area contributed by atoms with E-state index in [4.69, 9.17) is 75.9 Å². The van der Waals surface area contributed by atoms with Crippen LogP contribution in [0.4, 0.5) is 0 Å². The van der Waals surface area contributed by atoms with Crippen LogP contribution in [0.1, 0.15) is 18.8 Å². The topological polar surface area (TPSA) is 280 Å². The molecule has 2 N–H and O–H groups in total. The summed E-state index contributed by atoms with van der Waals surface area (Å²) in [5, 5.41) is 25.2. The standard InChI is InChI=1S/C17H11Cl2N5O6S.C17H11Cl2N5O4S.CH4/c1-29-12-7-21-14(5-13(12)31(2,27)28)30-15-9(18)3-8(4-10(15)19)24-17(26)22-16(25)11(6-20)23-24;1-27-12-7-21-14(5-13(12)29-2)28-15-9(18)3-8(4-10(15)19)24-17(26)22-16(25)11(6-20)23-24;/h3-5,7H,1-2H3,(H,22,25,26);3-5,7H,1-2H3,(H,22,25,26);1H4. The van der Waals surface area contributed by atoms with Gasteiger partial charge in [-0.3, -0.25) is 19.6 Å². The van der Waals surface area contributed by atoms with Crippen molar-refractivity contribution in [2.75, 3.05) is 26.7 Å². The molecular weight excluding hydrogens is 926 g/mol. The number of nitrogens with one attached hydrogen (secondary N) is 2. The summed E-state index contributed by atoms with van der Waals surface area (Å²) in [6, 6.07) is 11.2. The second-order valence-corrected chi connectivity index (χ2v) is 15.7. The molecule has 6 rings (SSSR count). The normalized spacial score (nSPS) is 10.6. The molecule has 0 atom stereocenters. The number of pyridine rings is 2. The summed E-state index contributed by atoms with van der Waals surface area (Å²) in [5.74, 6) is 0.747. The van der Waals surface area contributed by atoms with Gasteiger partial charge in [0, 0.05) is 18.4 Å². The van der Waals surface area contributed by atoms with Gasteiger partial charge in [0.15, 0.2) is 32.8 Å². The number of sulfone groups is 1. The van der Waals surface area contributed by atoms with Crippen molar-refractivity contribution >= 4 is 68.0 Å². The Labute approximate surface area is 367 Å². The third-order valence-electron chi connectivity index (χ3n) is 7.41. The van der Waals surface area contributed by atoms with Crippen LogP contribution in [0, 0.1) is 22.7 Å². The highest BCUT2D eigenvalue weighted by molar-refractivity contribution is 7.98. The number of halogens is 4. The molecule has 6 aromatic rings. The van der Waals surface area contributed by atoms with Gasteiger partial charge in [-0.05, 0) is 30.5 Å². The zero-order valence-corrected chi connectivity index (χ0v) is 35.3. The Morgan fingerprint density at radius 2 is 1.08 bits per heavy atom. The Morgan fingerprint density at radius 1 is 0.689 bits per heavy atom. The fraction of sp³-hybridized carbons (Fsp3) is 0.143. The van der Waals surface area contributed by atoms with Crippen molar-refractivity contribution in [3.8, 4) is 58.3 Å². The molecule has 0 aliphatic rings. The molecule has 0 aliphatic heterocycles. The maximum absolute atomic E-state index is 12.0. The fourth-order valence-corrected chi connectivity index (χ4v) is 7.20. The van der Waals surface area contributed by atoms with Crippen molar-refractivity contribution in [2.45, 2.75) is 17.2 Å². The van der Waals surface area contributed by atoms with Crippen molar-refractivity contribution in [1.29, 1.82) is 10.5 Å². The maximum atomic E-state index is 12.0. The molecule has 0 amide bonds. The summed E-state index contributed by atoms with van der Waals surface area (Å²) < 4.78 is 46.9. The first-order valence-electron chi connectivity index (χ1n) is 15.9. The summed E-state index contributed by atoms with van der Waals surface area (Å²) in [5.41, 5.74) is -4.44. The lowest BCUT2D eigenvalue weighted by Gasteiger charge is -2.13. The molecule has 0 fully saturated rings. The molecule has 0 saturated carbocycles. The van der Waals surface area contributed by atoms with E-state index in [0.717, 1.165) is 32.8 Å². The zero-order valence-electron chi connectivity index (χ0n) is 30.6. The first kappa shape index (κ1) is 47.3. The van der Waals surface area contributed by atoms with E-state index in [9.17, 15) is 27.6 Å². The first-order chi connectivity index (χ1) is 28.4. The molecule has 2 aromatic carbocycles. The van der Waals surface area contributed by atoms with Crippen LogP contribution in [0.15, 0.2) is 77.8 Å². The second kappa shape index (κ2) is 19.8. The van der Waals surface area contributed by atoms with Crippen LogP contribution < -0.4 is 41.4 Å². The summed E-state index contributed by atoms with van der Waals surface area (Å²) in [4.78, 5) is 59.8. The molecule has 61 heavy (non-hydrogen) atoms. The number of H-pyrrole nitrogens is 2. The van der Waals surface area contributed by atoms with Crippen LogP contribution in [0.3, 0.4) is 0 Å². The number of nitrogens with zero attached hydrogens (tertiary/aromatic N) is 8. The quantitative estimate of drug-likeness (QED) is 0.164. The highest BCUT2D eigenvalue weighted by Gasteiger charge is 2.20. The molecule has 4 aromatic heterocycles. The number of benzene rings is 2. The average molecular weight is 953 g/mol. The van der Waals surface area contributed by atoms with Gasteiger partial charge in [0.2, 0.25) is 23.1 Å². The van der Waals surface area contributed by atoms with E-state index in [2.05, 4.69) is 20.2 Å². The Bertz CT molecular complexity index is 3080. The lowest BCUT2D eigenvalue weighted by Crippen LogP contribution is -2.33. The van der Waals surface area contributed by atoms with Gasteiger partial charge in [-0.1, -0.05) is 53.8 Å². The van der Waals surface area contributed by atoms with Gasteiger partial charge in [0.05, 0.1) is 63.0 Å². The number of methoxy groups -OCH3 is 2. The van der Waals surface area contributed by atoms with Crippen LogP contribution in [-0.2, 0) is 9.84 Å². The Hall–Kier alpha value is -6.40. The van der Waals surface area contributed by atoms with Crippen LogP contribution >= 0.6 is 58.2 Å². The van der Waals surface area contributed by atoms with Gasteiger partial charge in [0.1, 0.15) is 17.0 Å². The first-order valence-corrected chi connectivity index (χ1v) is 20.5. The number of hydrogen-bond acceptors (Lipinski definition) is 17. The van der Waals surface area contributed by atoms with Crippen LogP contribution in [0.25, 0.3) is 11.4 Å². The molecular formula is C35H26Cl4N10O10S2. The smallest absolute Gasteiger partial charge is 0.349 e. The minimum Gasteiger partial charge on any atom is -0.494 e. The van der Waals surface area contributed by atoms with Gasteiger partial charge < -0.3 is 18.9 Å². The minimum atomic E-state index is -3.65. The van der Waals surface area contributed by atoms with E-state index in [0.29, 0.717) is 5.75 Å². The lowest BCUT2D eigenvalue weighted by atomic mass is 10.3. The molecule has 0 unspecified atom stereocenters. The van der Waals surface area contributed by atoms with Crippen LogP contribution in [0.5, 0.6) is 34.8 Å². The number of nitriles is 2. The van der Waals surface area contributed by atoms with Gasteiger partial charge in [0.25, 0.3) is 11.1 Å². The number of thioether (sulfide) groups is 1. The van der Waals surface area contributed by atoms with Gasteiger partial charge in [-0.2, -0.15) is 19.9 Å². The molecule has 0 aliphatic carbocycles. The Morgan fingerprint density at radius 3 is 1.44 bits per heavy atom. The van der Waals surface area contributed by atoms with Crippen molar-refractivity contribution in [3.05, 3.63) is 122 Å². The number of ether oxygens (including phenoxy) is 4. The van der Waals surface area contributed by atoms with E-state index in [1.807, 2.05) is 16.2 Å². The third-order valence-corrected chi connectivity index (χ3v) is 10.4. The molecule has 0 radical (unpaired) electrons. The van der Waals surface area contributed by atoms with E-state index in [-0.39, 0.29) is 72.8 Å². The van der Waals surface area contributed by atoms with E-state index >= 15 is 0 Å². The third kappa shape index (κ3) is 10.7. The van der Waals surface area contributed by atoms with Crippen molar-refractivity contribution in [1.82, 2.24) is 39.5 Å². The van der Waals surface area contributed by atoms with Crippen LogP contribution in [-0.4, -0.2) is 74.6 Å². The SMILES string of the molecule is C.COc1cnc(Oc2c(Cl)cc(-n3nc(C#N)c(=O)[nH]c3=O)cc2Cl)cc1S(C)(=O)=O.COc1cnc(Oc2c(Cl)cc(-n3nc(C#N)c(=O)[nH]c3=O)cc2Cl)cc1SC. The molecule has 0 bridgehead atoms. The minimum absolute atomic E-state index is 0. The summed E-state index contributed by atoms with van der Waals surface area (Å²) in [6.07, 6.45) is 5.54. The van der Waals surface area contributed by atoms with Crippen molar-refractivity contribution in [3.63, 3.8) is 0 Å². The number of hydrogen-bond donors (Lipinski definition) is 2. The summed E-state index contributed by atoms with van der Waals surface area (Å²) >= 11 is 26.4. The highest BCUT2D eigenvalue weighted by Crippen LogP contribution is 2.40. The fourth-order valence-electron chi connectivity index (χ4n) is 4.72. The predicted molar refractivity (Wildman–Crippen MR) is 224 cm³/mol. The molecule has 316 valence electrons. The largest absolute Gasteiger partial charge is 0.494 e. The van der Waals surface area contributed by atoms with Crippen molar-refractivity contribution < 1.29 is 27.4 Å². The monoisotopic (exact) mass is 950 g/mol. The van der Waals surface area contributed by atoms with Crippen molar-refractivity contribution in [2.24, 2.45) is 0 Å². The molecule has 0 spiro atoms. The van der Waals surface area contributed by atoms with E-state index < -0.39 is 43.7 Å².